The molecule has 2 aromatic rings. The first kappa shape index (κ1) is 13.8. The summed E-state index contributed by atoms with van der Waals surface area (Å²) < 4.78 is 5.46. The zero-order chi connectivity index (χ0) is 14.4. The summed E-state index contributed by atoms with van der Waals surface area (Å²) in [5.74, 6) is 0.172. The van der Waals surface area contributed by atoms with E-state index in [-0.39, 0.29) is 5.78 Å². The van der Waals surface area contributed by atoms with Crippen molar-refractivity contribution in [1.29, 1.82) is 0 Å². The highest BCUT2D eigenvalue weighted by Crippen LogP contribution is 2.12. The van der Waals surface area contributed by atoms with Crippen molar-refractivity contribution in [1.82, 2.24) is 0 Å². The molecule has 102 valence electrons. The average Bonchev–Trinajstić information content (AvgIpc) is 2.48. The summed E-state index contributed by atoms with van der Waals surface area (Å²) in [6, 6.07) is 15.6. The van der Waals surface area contributed by atoms with Crippen molar-refractivity contribution in [2.24, 2.45) is 5.73 Å². The fourth-order valence-electron chi connectivity index (χ4n) is 1.75. The third-order valence-electron chi connectivity index (χ3n) is 2.83. The van der Waals surface area contributed by atoms with Gasteiger partial charge in [-0.2, -0.15) is 0 Å². The molecule has 0 aliphatic carbocycles. The minimum absolute atomic E-state index is 0.0411. The third-order valence-corrected chi connectivity index (χ3v) is 2.83. The maximum absolute atomic E-state index is 11.8. The predicted molar refractivity (Wildman–Crippen MR) is 75.8 cm³/mol. The number of primary amides is 1. The Morgan fingerprint density at radius 3 is 2.15 bits per heavy atom. The number of hydrogen-bond donors (Lipinski definition) is 1. The number of nitrogens with two attached hydrogens (primary N) is 1. The molecule has 0 saturated carbocycles. The van der Waals surface area contributed by atoms with E-state index in [0.29, 0.717) is 29.9 Å². The summed E-state index contributed by atoms with van der Waals surface area (Å²) >= 11 is 0. The summed E-state index contributed by atoms with van der Waals surface area (Å²) in [5.41, 5.74) is 6.25. The lowest BCUT2D eigenvalue weighted by Gasteiger charge is -2.06. The zero-order valence-electron chi connectivity index (χ0n) is 10.9. The van der Waals surface area contributed by atoms with Crippen LogP contribution in [0.5, 0.6) is 5.75 Å². The van der Waals surface area contributed by atoms with Gasteiger partial charge in [0.15, 0.2) is 5.78 Å². The molecule has 4 heteroatoms. The molecule has 20 heavy (non-hydrogen) atoms. The molecule has 0 radical (unpaired) electrons. The second-order valence-corrected chi connectivity index (χ2v) is 4.28. The van der Waals surface area contributed by atoms with Crippen molar-refractivity contribution in [2.45, 2.75) is 6.42 Å². The van der Waals surface area contributed by atoms with Crippen molar-refractivity contribution in [3.63, 3.8) is 0 Å². The lowest BCUT2D eigenvalue weighted by Crippen LogP contribution is -2.10. The quantitative estimate of drug-likeness (QED) is 0.819. The van der Waals surface area contributed by atoms with Crippen LogP contribution in [0.2, 0.25) is 0 Å². The molecule has 0 atom stereocenters. The van der Waals surface area contributed by atoms with E-state index in [1.54, 1.807) is 36.4 Å². The van der Waals surface area contributed by atoms with E-state index in [9.17, 15) is 9.59 Å². The Bertz CT molecular complexity index is 591. The van der Waals surface area contributed by atoms with Crippen molar-refractivity contribution in [3.05, 3.63) is 65.7 Å². The number of amides is 1. The lowest BCUT2D eigenvalue weighted by atomic mass is 10.1. The molecule has 4 nitrogen and oxygen atoms in total. The van der Waals surface area contributed by atoms with Crippen LogP contribution in [0, 0.1) is 0 Å². The van der Waals surface area contributed by atoms with Crippen LogP contribution in [0.25, 0.3) is 0 Å². The van der Waals surface area contributed by atoms with Gasteiger partial charge in [-0.25, -0.2) is 0 Å². The highest BCUT2D eigenvalue weighted by atomic mass is 16.5. The van der Waals surface area contributed by atoms with Crippen LogP contribution in [0.4, 0.5) is 0 Å². The first-order chi connectivity index (χ1) is 9.66. The first-order valence-corrected chi connectivity index (χ1v) is 6.28. The molecule has 2 N–H and O–H groups in total. The van der Waals surface area contributed by atoms with Crippen LogP contribution >= 0.6 is 0 Å². The molecule has 0 spiro atoms. The molecular weight excluding hydrogens is 254 g/mol. The maximum atomic E-state index is 11.8. The van der Waals surface area contributed by atoms with E-state index in [4.69, 9.17) is 10.5 Å². The van der Waals surface area contributed by atoms with E-state index >= 15 is 0 Å². The monoisotopic (exact) mass is 269 g/mol. The zero-order valence-corrected chi connectivity index (χ0v) is 10.9. The minimum atomic E-state index is -0.476. The third kappa shape index (κ3) is 3.68. The maximum Gasteiger partial charge on any atom is 0.248 e. The molecule has 2 aromatic carbocycles. The van der Waals surface area contributed by atoms with Gasteiger partial charge in [-0.1, -0.05) is 30.3 Å². The Balaban J connectivity index is 1.84. The SMILES string of the molecule is NC(=O)c1ccc(OCCC(=O)c2ccccc2)cc1. The predicted octanol–water partition coefficient (Wildman–Crippen LogP) is 2.44. The number of rotatable bonds is 6. The Hall–Kier alpha value is -2.62. The largest absolute Gasteiger partial charge is 0.493 e. The van der Waals surface area contributed by atoms with Gasteiger partial charge in [0.25, 0.3) is 0 Å². The van der Waals surface area contributed by atoms with Crippen LogP contribution in [-0.2, 0) is 0 Å². The van der Waals surface area contributed by atoms with Gasteiger partial charge >= 0.3 is 0 Å². The van der Waals surface area contributed by atoms with Gasteiger partial charge in [0, 0.05) is 17.5 Å². The molecular formula is C16H15NO3. The fourth-order valence-corrected chi connectivity index (χ4v) is 1.75. The Kier molecular flexibility index (Phi) is 4.50. The molecule has 0 aliphatic rings. The van der Waals surface area contributed by atoms with E-state index in [1.807, 2.05) is 18.2 Å². The topological polar surface area (TPSA) is 69.4 Å². The van der Waals surface area contributed by atoms with Gasteiger partial charge < -0.3 is 10.5 Å². The van der Waals surface area contributed by atoms with Crippen LogP contribution in [0.3, 0.4) is 0 Å². The average molecular weight is 269 g/mol. The molecule has 2 rings (SSSR count). The van der Waals surface area contributed by atoms with Crippen LogP contribution < -0.4 is 10.5 Å². The smallest absolute Gasteiger partial charge is 0.248 e. The van der Waals surface area contributed by atoms with E-state index < -0.39 is 5.91 Å². The minimum Gasteiger partial charge on any atom is -0.493 e. The van der Waals surface area contributed by atoms with E-state index in [1.165, 1.54) is 0 Å². The van der Waals surface area contributed by atoms with Gasteiger partial charge in [0.05, 0.1) is 6.61 Å². The van der Waals surface area contributed by atoms with Gasteiger partial charge in [-0.3, -0.25) is 9.59 Å². The number of benzene rings is 2. The summed E-state index contributed by atoms with van der Waals surface area (Å²) in [4.78, 5) is 22.7. The number of ketones is 1. The number of hydrogen-bond acceptors (Lipinski definition) is 3. The van der Waals surface area contributed by atoms with Crippen LogP contribution in [0.15, 0.2) is 54.6 Å². The summed E-state index contributed by atoms with van der Waals surface area (Å²) in [5, 5.41) is 0. The Morgan fingerprint density at radius 2 is 1.55 bits per heavy atom. The van der Waals surface area contributed by atoms with Gasteiger partial charge in [-0.05, 0) is 24.3 Å². The Morgan fingerprint density at radius 1 is 0.900 bits per heavy atom. The highest BCUT2D eigenvalue weighted by molar-refractivity contribution is 5.96. The fraction of sp³-hybridized carbons (Fsp3) is 0.125. The van der Waals surface area contributed by atoms with E-state index in [2.05, 4.69) is 0 Å². The molecule has 0 heterocycles. The number of carbonyl (C=O) groups excluding carboxylic acids is 2. The lowest BCUT2D eigenvalue weighted by molar-refractivity contribution is 0.0961. The molecule has 0 unspecified atom stereocenters. The Labute approximate surface area is 117 Å². The van der Waals surface area contributed by atoms with Gasteiger partial charge in [0.2, 0.25) is 5.91 Å². The van der Waals surface area contributed by atoms with Gasteiger partial charge in [0.1, 0.15) is 5.75 Å². The second-order valence-electron chi connectivity index (χ2n) is 4.28. The summed E-state index contributed by atoms with van der Waals surface area (Å²) in [6.45, 7) is 0.295. The number of ether oxygens (including phenoxy) is 1. The van der Waals surface area contributed by atoms with Crippen molar-refractivity contribution in [3.8, 4) is 5.75 Å². The van der Waals surface area contributed by atoms with Crippen LogP contribution in [0.1, 0.15) is 27.1 Å². The standard InChI is InChI=1S/C16H15NO3/c17-16(19)13-6-8-14(9-7-13)20-11-10-15(18)12-4-2-1-3-5-12/h1-9H,10-11H2,(H2,17,19). The molecule has 0 aliphatic heterocycles. The molecule has 0 bridgehead atoms. The van der Waals surface area contributed by atoms with Crippen LogP contribution in [-0.4, -0.2) is 18.3 Å². The van der Waals surface area contributed by atoms with Crippen molar-refractivity contribution >= 4 is 11.7 Å². The molecule has 0 aromatic heterocycles. The molecule has 1 amide bonds. The van der Waals surface area contributed by atoms with Crippen molar-refractivity contribution < 1.29 is 14.3 Å². The second kappa shape index (κ2) is 6.52. The molecule has 0 saturated heterocycles. The summed E-state index contributed by atoms with van der Waals surface area (Å²) in [6.07, 6.45) is 0.307. The normalized spacial score (nSPS) is 10.0. The van der Waals surface area contributed by atoms with Crippen molar-refractivity contribution in [2.75, 3.05) is 6.61 Å². The highest BCUT2D eigenvalue weighted by Gasteiger charge is 2.05. The first-order valence-electron chi connectivity index (χ1n) is 6.28. The molecule has 0 fully saturated rings. The summed E-state index contributed by atoms with van der Waals surface area (Å²) in [7, 11) is 0. The number of Topliss-reactive ketones (excluding diaryl/α,β-unsaturated/α-hetero) is 1. The van der Waals surface area contributed by atoms with Gasteiger partial charge in [-0.15, -0.1) is 0 Å². The number of carbonyl (C=O) groups is 2. The van der Waals surface area contributed by atoms with E-state index in [0.717, 1.165) is 0 Å².